The fraction of sp³-hybridized carbons (Fsp3) is 0.750. The lowest BCUT2D eigenvalue weighted by Gasteiger charge is -2.22. The summed E-state index contributed by atoms with van der Waals surface area (Å²) in [5, 5.41) is 14.8. The number of nitrogens with one attached hydrogen (secondary N) is 2. The maximum absolute atomic E-state index is 11.5. The average Bonchev–Trinajstić information content (AvgIpc) is 3.11. The molecule has 3 N–H and O–H groups in total. The highest BCUT2D eigenvalue weighted by Gasteiger charge is 2.24. The van der Waals surface area contributed by atoms with E-state index in [1.165, 1.54) is 39.2 Å². The molecule has 1 atom stereocenters. The summed E-state index contributed by atoms with van der Waals surface area (Å²) in [6.07, 6.45) is 9.34. The number of hydrogen-bond donors (Lipinski definition) is 3. The lowest BCUT2D eigenvalue weighted by atomic mass is 9.84. The van der Waals surface area contributed by atoms with E-state index >= 15 is 0 Å². The van der Waals surface area contributed by atoms with Crippen molar-refractivity contribution < 1.29 is 19.3 Å². The molecule has 134 valence electrons. The molecule has 0 aromatic carbocycles. The molecule has 1 aliphatic rings. The minimum absolute atomic E-state index is 0.0470. The predicted molar refractivity (Wildman–Crippen MR) is 85.4 cm³/mol. The largest absolute Gasteiger partial charge is 0.352 e. The van der Waals surface area contributed by atoms with Crippen LogP contribution in [0.3, 0.4) is 0 Å². The normalized spacial score (nSPS) is 16.6. The van der Waals surface area contributed by atoms with Gasteiger partial charge in [0.1, 0.15) is 0 Å². The first-order chi connectivity index (χ1) is 11.6. The van der Waals surface area contributed by atoms with Gasteiger partial charge in [-0.3, -0.25) is 14.8 Å². The molecule has 8 nitrogen and oxygen atoms in total. The van der Waals surface area contributed by atoms with Crippen LogP contribution in [-0.2, 0) is 4.79 Å². The van der Waals surface area contributed by atoms with Crippen LogP contribution in [-0.4, -0.2) is 34.2 Å². The van der Waals surface area contributed by atoms with Crippen molar-refractivity contribution in [3.8, 4) is 0 Å². The third-order valence-electron chi connectivity index (χ3n) is 4.67. The van der Waals surface area contributed by atoms with Gasteiger partial charge in [-0.25, -0.2) is 5.48 Å². The molecular formula is C16H26N4O4. The fourth-order valence-electron chi connectivity index (χ4n) is 3.32. The van der Waals surface area contributed by atoms with Crippen LogP contribution in [0.4, 0.5) is 0 Å². The number of amides is 2. The standard InChI is InChI=1S/C16H26N4O4/c1-17-15(22)14-18-16(24-20-14)12(10-13(21)19-23)9-5-8-11-6-3-2-4-7-11/h11-12,23H,2-10H2,1H3,(H,17,22)(H,19,21)/t12-/m1/s1. The summed E-state index contributed by atoms with van der Waals surface area (Å²) in [4.78, 5) is 27.1. The summed E-state index contributed by atoms with van der Waals surface area (Å²) in [5.74, 6) is -0.258. The molecule has 1 fully saturated rings. The highest BCUT2D eigenvalue weighted by molar-refractivity contribution is 5.89. The van der Waals surface area contributed by atoms with Gasteiger partial charge in [0.25, 0.3) is 11.7 Å². The zero-order valence-corrected chi connectivity index (χ0v) is 14.1. The van der Waals surface area contributed by atoms with Crippen LogP contribution in [0.15, 0.2) is 4.52 Å². The molecule has 2 amide bonds. The Kier molecular flexibility index (Phi) is 7.17. The van der Waals surface area contributed by atoms with Crippen LogP contribution < -0.4 is 10.8 Å². The maximum Gasteiger partial charge on any atom is 0.292 e. The van der Waals surface area contributed by atoms with Gasteiger partial charge in [-0.15, -0.1) is 0 Å². The van der Waals surface area contributed by atoms with Gasteiger partial charge < -0.3 is 9.84 Å². The summed E-state index contributed by atoms with van der Waals surface area (Å²) in [5.41, 5.74) is 1.64. The number of hydrogen-bond acceptors (Lipinski definition) is 6. The second kappa shape index (κ2) is 9.36. The second-order valence-corrected chi connectivity index (χ2v) is 6.41. The van der Waals surface area contributed by atoms with Gasteiger partial charge in [-0.2, -0.15) is 4.98 Å². The van der Waals surface area contributed by atoms with Crippen LogP contribution in [0.25, 0.3) is 0 Å². The van der Waals surface area contributed by atoms with E-state index in [4.69, 9.17) is 9.73 Å². The molecule has 2 rings (SSSR count). The SMILES string of the molecule is CNC(=O)c1noc([C@H](CCCC2CCCCC2)CC(=O)NO)n1. The Hall–Kier alpha value is -1.96. The van der Waals surface area contributed by atoms with Crippen molar-refractivity contribution in [3.63, 3.8) is 0 Å². The minimum atomic E-state index is -0.502. The first-order valence-electron chi connectivity index (χ1n) is 8.62. The van der Waals surface area contributed by atoms with E-state index in [1.54, 1.807) is 5.48 Å². The lowest BCUT2D eigenvalue weighted by Crippen LogP contribution is -2.22. The van der Waals surface area contributed by atoms with E-state index in [9.17, 15) is 9.59 Å². The van der Waals surface area contributed by atoms with Crippen LogP contribution >= 0.6 is 0 Å². The van der Waals surface area contributed by atoms with E-state index in [0.29, 0.717) is 6.42 Å². The van der Waals surface area contributed by atoms with Crippen LogP contribution in [0.2, 0.25) is 0 Å². The summed E-state index contributed by atoms with van der Waals surface area (Å²) in [6, 6.07) is 0. The average molecular weight is 338 g/mol. The number of aromatic nitrogens is 2. The molecule has 24 heavy (non-hydrogen) atoms. The van der Waals surface area contributed by atoms with Crippen molar-refractivity contribution in [1.29, 1.82) is 0 Å². The minimum Gasteiger partial charge on any atom is -0.352 e. The van der Waals surface area contributed by atoms with Crippen molar-refractivity contribution in [1.82, 2.24) is 20.9 Å². The van der Waals surface area contributed by atoms with Crippen molar-refractivity contribution in [2.75, 3.05) is 7.05 Å². The monoisotopic (exact) mass is 338 g/mol. The number of hydroxylamine groups is 1. The zero-order chi connectivity index (χ0) is 17.4. The summed E-state index contributed by atoms with van der Waals surface area (Å²) < 4.78 is 5.15. The molecule has 0 unspecified atom stereocenters. The Morgan fingerprint density at radius 3 is 2.75 bits per heavy atom. The van der Waals surface area contributed by atoms with E-state index in [2.05, 4.69) is 15.5 Å². The summed E-state index contributed by atoms with van der Waals surface area (Å²) in [7, 11) is 1.49. The molecule has 8 heteroatoms. The number of rotatable bonds is 8. The third kappa shape index (κ3) is 5.30. The molecular weight excluding hydrogens is 312 g/mol. The Morgan fingerprint density at radius 2 is 2.08 bits per heavy atom. The van der Waals surface area contributed by atoms with Crippen LogP contribution in [0.1, 0.15) is 80.2 Å². The number of nitrogens with zero attached hydrogens (tertiary/aromatic N) is 2. The Morgan fingerprint density at radius 1 is 1.33 bits per heavy atom. The molecule has 0 aliphatic heterocycles. The van der Waals surface area contributed by atoms with E-state index in [0.717, 1.165) is 18.8 Å². The predicted octanol–water partition coefficient (Wildman–Crippen LogP) is 2.16. The van der Waals surface area contributed by atoms with Crippen molar-refractivity contribution >= 4 is 11.8 Å². The molecule has 1 aromatic rings. The smallest absolute Gasteiger partial charge is 0.292 e. The topological polar surface area (TPSA) is 117 Å². The van der Waals surface area contributed by atoms with E-state index in [-0.39, 0.29) is 24.1 Å². The first-order valence-corrected chi connectivity index (χ1v) is 8.62. The third-order valence-corrected chi connectivity index (χ3v) is 4.67. The molecule has 1 aliphatic carbocycles. The second-order valence-electron chi connectivity index (χ2n) is 6.41. The number of carbonyl (C=O) groups is 2. The van der Waals surface area contributed by atoms with Crippen molar-refractivity contribution in [2.24, 2.45) is 5.92 Å². The molecule has 0 bridgehead atoms. The Balaban J connectivity index is 1.94. The maximum atomic E-state index is 11.5. The quantitative estimate of drug-likeness (QED) is 0.494. The first kappa shape index (κ1) is 18.4. The lowest BCUT2D eigenvalue weighted by molar-refractivity contribution is -0.129. The molecule has 1 aromatic heterocycles. The van der Waals surface area contributed by atoms with Gasteiger partial charge in [0, 0.05) is 19.4 Å². The highest BCUT2D eigenvalue weighted by Crippen LogP contribution is 2.31. The molecule has 1 heterocycles. The van der Waals surface area contributed by atoms with Gasteiger partial charge >= 0.3 is 0 Å². The number of carbonyl (C=O) groups excluding carboxylic acids is 2. The Labute approximate surface area is 141 Å². The van der Waals surface area contributed by atoms with Gasteiger partial charge in [0.05, 0.1) is 0 Å². The van der Waals surface area contributed by atoms with E-state index in [1.807, 2.05) is 0 Å². The zero-order valence-electron chi connectivity index (χ0n) is 14.1. The summed E-state index contributed by atoms with van der Waals surface area (Å²) in [6.45, 7) is 0. The highest BCUT2D eigenvalue weighted by atomic mass is 16.5. The van der Waals surface area contributed by atoms with Crippen molar-refractivity contribution in [2.45, 2.75) is 63.7 Å². The fourth-order valence-corrected chi connectivity index (χ4v) is 3.32. The molecule has 1 saturated carbocycles. The van der Waals surface area contributed by atoms with Gasteiger partial charge in [-0.05, 0) is 12.3 Å². The van der Waals surface area contributed by atoms with Crippen LogP contribution in [0.5, 0.6) is 0 Å². The summed E-state index contributed by atoms with van der Waals surface area (Å²) >= 11 is 0. The molecule has 0 spiro atoms. The van der Waals surface area contributed by atoms with Gasteiger partial charge in [0.15, 0.2) is 0 Å². The molecule has 0 saturated heterocycles. The van der Waals surface area contributed by atoms with Gasteiger partial charge in [-0.1, -0.05) is 50.1 Å². The Bertz CT molecular complexity index is 540. The van der Waals surface area contributed by atoms with E-state index < -0.39 is 11.8 Å². The van der Waals surface area contributed by atoms with Crippen LogP contribution in [0, 0.1) is 5.92 Å². The van der Waals surface area contributed by atoms with Gasteiger partial charge in [0.2, 0.25) is 11.8 Å². The molecule has 0 radical (unpaired) electrons. The van der Waals surface area contributed by atoms with Crippen molar-refractivity contribution in [3.05, 3.63) is 11.7 Å².